The molecule has 0 saturated heterocycles. The second-order valence-corrected chi connectivity index (χ2v) is 14.4. The predicted octanol–water partition coefficient (Wildman–Crippen LogP) is 13.0. The van der Waals surface area contributed by atoms with Crippen molar-refractivity contribution in [1.29, 1.82) is 0 Å². The minimum absolute atomic E-state index is 0.544. The summed E-state index contributed by atoms with van der Waals surface area (Å²) in [7, 11) is 0. The van der Waals surface area contributed by atoms with Gasteiger partial charge >= 0.3 is 0 Å². The quantitative estimate of drug-likeness (QED) is 0.177. The molecule has 0 unspecified atom stereocenters. The number of aromatic nitrogens is 5. The van der Waals surface area contributed by atoms with Crippen LogP contribution in [0.4, 0.5) is 0 Å². The van der Waals surface area contributed by atoms with Crippen molar-refractivity contribution in [2.45, 2.75) is 0 Å². The summed E-state index contributed by atoms with van der Waals surface area (Å²) in [5, 5.41) is 6.64. The van der Waals surface area contributed by atoms with Crippen molar-refractivity contribution in [3.8, 4) is 45.5 Å². The molecule has 0 saturated carbocycles. The van der Waals surface area contributed by atoms with Crippen LogP contribution >= 0.6 is 0 Å². The normalized spacial score (nSPS) is 11.9. The molecule has 0 aliphatic carbocycles. The summed E-state index contributed by atoms with van der Waals surface area (Å²) in [6, 6.07) is 65.6. The van der Waals surface area contributed by atoms with Crippen molar-refractivity contribution in [2.75, 3.05) is 0 Å². The zero-order chi connectivity index (χ0) is 37.5. The van der Waals surface area contributed by atoms with E-state index in [-0.39, 0.29) is 0 Å². The van der Waals surface area contributed by atoms with Crippen LogP contribution in [0.2, 0.25) is 0 Å². The van der Waals surface area contributed by atoms with Gasteiger partial charge in [-0.05, 0) is 53.6 Å². The van der Waals surface area contributed by atoms with Crippen molar-refractivity contribution in [3.05, 3.63) is 188 Å². The third-order valence-corrected chi connectivity index (χ3v) is 11.2. The minimum Gasteiger partial charge on any atom is -0.456 e. The van der Waals surface area contributed by atoms with Gasteiger partial charge in [0.25, 0.3) is 0 Å². The molecule has 4 aromatic heterocycles. The highest BCUT2D eigenvalue weighted by Gasteiger charge is 2.24. The molecular weight excluding hydrogens is 699 g/mol. The maximum atomic E-state index is 6.31. The summed E-state index contributed by atoms with van der Waals surface area (Å²) in [5.41, 5.74) is 11.2. The number of furan rings is 1. The van der Waals surface area contributed by atoms with E-state index < -0.39 is 0 Å². The van der Waals surface area contributed by atoms with Gasteiger partial charge in [-0.1, -0.05) is 146 Å². The Kier molecular flexibility index (Phi) is 6.83. The van der Waals surface area contributed by atoms with Crippen molar-refractivity contribution in [2.24, 2.45) is 0 Å². The summed E-state index contributed by atoms with van der Waals surface area (Å²) in [4.78, 5) is 15.8. The summed E-state index contributed by atoms with van der Waals surface area (Å²) in [6.07, 6.45) is 0. The standard InChI is InChI=1S/C51H31N5O/c1-3-15-32(16-4-1)34-19-13-20-35(31-34)55-41-25-10-7-21-36(41)37-29-30-43-47(48(37)55)38-22-8-11-26-42(38)56(43)51-53-49(33-17-5-2-6-18-33)52-50(54-51)40-24-14-28-45-46(40)39-23-9-12-27-44(39)57-45/h1-31H. The van der Waals surface area contributed by atoms with Gasteiger partial charge in [0.15, 0.2) is 11.6 Å². The Morgan fingerprint density at radius 2 is 1.00 bits per heavy atom. The van der Waals surface area contributed by atoms with E-state index in [1.54, 1.807) is 0 Å². The molecule has 0 radical (unpaired) electrons. The van der Waals surface area contributed by atoms with Gasteiger partial charge in [-0.3, -0.25) is 4.57 Å². The summed E-state index contributed by atoms with van der Waals surface area (Å²) in [5.74, 6) is 1.72. The zero-order valence-electron chi connectivity index (χ0n) is 30.5. The smallest absolute Gasteiger partial charge is 0.238 e. The van der Waals surface area contributed by atoms with Gasteiger partial charge in [-0.2, -0.15) is 9.97 Å². The van der Waals surface area contributed by atoms with E-state index in [9.17, 15) is 0 Å². The molecule has 12 aromatic rings. The summed E-state index contributed by atoms with van der Waals surface area (Å²) >= 11 is 0. The van der Waals surface area contributed by atoms with E-state index >= 15 is 0 Å². The lowest BCUT2D eigenvalue weighted by atomic mass is 10.0. The van der Waals surface area contributed by atoms with Crippen LogP contribution < -0.4 is 0 Å². The van der Waals surface area contributed by atoms with Gasteiger partial charge in [0.2, 0.25) is 5.95 Å². The molecule has 266 valence electrons. The maximum absolute atomic E-state index is 6.31. The summed E-state index contributed by atoms with van der Waals surface area (Å²) < 4.78 is 10.9. The Bertz CT molecular complexity index is 3520. The Balaban J connectivity index is 1.18. The zero-order valence-corrected chi connectivity index (χ0v) is 30.5. The topological polar surface area (TPSA) is 61.7 Å². The molecule has 0 atom stereocenters. The van der Waals surface area contributed by atoms with Gasteiger partial charge in [-0.25, -0.2) is 4.98 Å². The van der Waals surface area contributed by atoms with Crippen molar-refractivity contribution in [3.63, 3.8) is 0 Å². The first-order valence-electron chi connectivity index (χ1n) is 19.1. The van der Waals surface area contributed by atoms with Crippen molar-refractivity contribution < 1.29 is 4.42 Å². The van der Waals surface area contributed by atoms with Crippen LogP contribution in [0.5, 0.6) is 0 Å². The van der Waals surface area contributed by atoms with E-state index in [0.29, 0.717) is 17.6 Å². The van der Waals surface area contributed by atoms with Gasteiger partial charge in [0.1, 0.15) is 11.2 Å². The first-order valence-corrected chi connectivity index (χ1v) is 19.1. The monoisotopic (exact) mass is 729 g/mol. The van der Waals surface area contributed by atoms with Gasteiger partial charge in [-0.15, -0.1) is 0 Å². The fourth-order valence-corrected chi connectivity index (χ4v) is 8.71. The maximum Gasteiger partial charge on any atom is 0.238 e. The highest BCUT2D eigenvalue weighted by molar-refractivity contribution is 6.26. The van der Waals surface area contributed by atoms with Crippen LogP contribution in [0, 0.1) is 0 Å². The van der Waals surface area contributed by atoms with Crippen molar-refractivity contribution in [1.82, 2.24) is 24.1 Å². The molecule has 0 N–H and O–H groups in total. The van der Waals surface area contributed by atoms with E-state index in [0.717, 1.165) is 71.6 Å². The Morgan fingerprint density at radius 3 is 1.82 bits per heavy atom. The molecule has 0 aliphatic heterocycles. The lowest BCUT2D eigenvalue weighted by Gasteiger charge is -2.12. The van der Waals surface area contributed by atoms with E-state index in [4.69, 9.17) is 19.4 Å². The first-order chi connectivity index (χ1) is 28.3. The molecule has 0 spiro atoms. The number of hydrogen-bond acceptors (Lipinski definition) is 4. The van der Waals surface area contributed by atoms with Gasteiger partial charge in [0, 0.05) is 49.1 Å². The molecule has 0 amide bonds. The molecule has 8 aromatic carbocycles. The van der Waals surface area contributed by atoms with E-state index in [1.165, 1.54) is 21.9 Å². The number of benzene rings is 8. The number of nitrogens with zero attached hydrogens (tertiary/aromatic N) is 5. The predicted molar refractivity (Wildman–Crippen MR) is 232 cm³/mol. The molecule has 57 heavy (non-hydrogen) atoms. The van der Waals surface area contributed by atoms with E-state index in [1.807, 2.05) is 60.7 Å². The highest BCUT2D eigenvalue weighted by Crippen LogP contribution is 2.43. The Morgan fingerprint density at radius 1 is 0.368 bits per heavy atom. The molecule has 12 rings (SSSR count). The largest absolute Gasteiger partial charge is 0.456 e. The van der Waals surface area contributed by atoms with Crippen LogP contribution in [0.15, 0.2) is 192 Å². The summed E-state index contributed by atoms with van der Waals surface area (Å²) in [6.45, 7) is 0. The Hall–Kier alpha value is -7.83. The fraction of sp³-hybridized carbons (Fsp3) is 0. The Labute approximate surface area is 326 Å². The highest BCUT2D eigenvalue weighted by atomic mass is 16.3. The molecule has 0 bridgehead atoms. The minimum atomic E-state index is 0.544. The lowest BCUT2D eigenvalue weighted by molar-refractivity contribution is 0.669. The number of para-hydroxylation sites is 3. The molecular formula is C51H31N5O. The first kappa shape index (κ1) is 31.5. The number of fused-ring (bicyclic) bond motifs is 10. The third-order valence-electron chi connectivity index (χ3n) is 11.2. The van der Waals surface area contributed by atoms with Crippen LogP contribution in [0.1, 0.15) is 0 Å². The van der Waals surface area contributed by atoms with Crippen LogP contribution in [-0.2, 0) is 0 Å². The van der Waals surface area contributed by atoms with Gasteiger partial charge in [0.05, 0.1) is 22.1 Å². The number of rotatable bonds is 5. The van der Waals surface area contributed by atoms with Crippen molar-refractivity contribution >= 4 is 65.6 Å². The SMILES string of the molecule is c1ccc(-c2cccc(-n3c4ccccc4c4ccc5c(c6ccccc6n5-c5nc(-c6ccccc6)nc(-c6cccc7oc8ccccc8c67)n5)c43)c2)cc1. The molecule has 0 fully saturated rings. The molecule has 6 nitrogen and oxygen atoms in total. The lowest BCUT2D eigenvalue weighted by Crippen LogP contribution is -2.06. The van der Waals surface area contributed by atoms with Crippen LogP contribution in [0.3, 0.4) is 0 Å². The van der Waals surface area contributed by atoms with Crippen LogP contribution in [-0.4, -0.2) is 24.1 Å². The average Bonchev–Trinajstić information content (AvgIpc) is 3.95. The second-order valence-electron chi connectivity index (χ2n) is 14.4. The van der Waals surface area contributed by atoms with Gasteiger partial charge < -0.3 is 8.98 Å². The third kappa shape index (κ3) is 4.81. The average molecular weight is 730 g/mol. The second kappa shape index (κ2) is 12.3. The fourth-order valence-electron chi connectivity index (χ4n) is 8.71. The molecule has 0 aliphatic rings. The van der Waals surface area contributed by atoms with E-state index in [2.05, 4.69) is 137 Å². The molecule has 4 heterocycles. The molecule has 6 heteroatoms. The number of hydrogen-bond donors (Lipinski definition) is 0. The van der Waals surface area contributed by atoms with Crippen LogP contribution in [0.25, 0.3) is 111 Å².